The molecule has 0 saturated heterocycles. The van der Waals surface area contributed by atoms with E-state index >= 15 is 0 Å². The lowest BCUT2D eigenvalue weighted by atomic mass is 9.88. The minimum absolute atomic E-state index is 0.0293. The Morgan fingerprint density at radius 1 is 1.23 bits per heavy atom. The van der Waals surface area contributed by atoms with Crippen molar-refractivity contribution in [2.45, 2.75) is 40.0 Å². The zero-order chi connectivity index (χ0) is 22.5. The number of carbonyl (C=O) groups excluding carboxylic acids is 2. The van der Waals surface area contributed by atoms with Crippen molar-refractivity contribution in [1.29, 1.82) is 0 Å². The Morgan fingerprint density at radius 3 is 2.50 bits per heavy atom. The molecule has 0 spiro atoms. The molecule has 30 heavy (non-hydrogen) atoms. The molecule has 2 rings (SSSR count). The molecular weight excluding hydrogens is 416 g/mol. The van der Waals surface area contributed by atoms with Gasteiger partial charge in [0.15, 0.2) is 17.3 Å². The molecule has 6 nitrogen and oxygen atoms in total. The number of benzene rings is 1. The van der Waals surface area contributed by atoms with Gasteiger partial charge in [-0.25, -0.2) is 8.78 Å². The van der Waals surface area contributed by atoms with E-state index in [4.69, 9.17) is 5.11 Å². The molecule has 1 heterocycles. The highest BCUT2D eigenvalue weighted by Crippen LogP contribution is 2.32. The number of amides is 1. The maximum atomic E-state index is 14.0. The average Bonchev–Trinajstić information content (AvgIpc) is 3.10. The number of hydrogen-bond donors (Lipinski definition) is 2. The maximum absolute atomic E-state index is 14.0. The van der Waals surface area contributed by atoms with Gasteiger partial charge in [-0.2, -0.15) is 0 Å². The molecular formula is C21H23F2NO5S. The number of ketones is 1. The average molecular weight is 439 g/mol. The van der Waals surface area contributed by atoms with Gasteiger partial charge in [0.2, 0.25) is 12.8 Å². The Labute approximate surface area is 176 Å². The number of thiophene rings is 1. The molecule has 0 aliphatic carbocycles. The number of carboxylic acid groups (broad SMARTS) is 1. The third-order valence-electron chi connectivity index (χ3n) is 4.59. The van der Waals surface area contributed by atoms with E-state index in [-0.39, 0.29) is 29.7 Å². The van der Waals surface area contributed by atoms with Crippen molar-refractivity contribution in [1.82, 2.24) is 0 Å². The van der Waals surface area contributed by atoms with Gasteiger partial charge >= 0.3 is 5.97 Å². The Morgan fingerprint density at radius 2 is 1.93 bits per heavy atom. The van der Waals surface area contributed by atoms with Gasteiger partial charge in [0, 0.05) is 16.9 Å². The van der Waals surface area contributed by atoms with E-state index in [1.165, 1.54) is 37.3 Å². The van der Waals surface area contributed by atoms with Crippen LogP contribution in [-0.2, 0) is 16.0 Å². The van der Waals surface area contributed by atoms with Crippen LogP contribution in [0.4, 0.5) is 13.8 Å². The summed E-state index contributed by atoms with van der Waals surface area (Å²) < 4.78 is 30.8. The van der Waals surface area contributed by atoms with Crippen LogP contribution in [0.2, 0.25) is 0 Å². The number of carbonyl (C=O) groups is 3. The van der Waals surface area contributed by atoms with Gasteiger partial charge in [-0.3, -0.25) is 14.4 Å². The summed E-state index contributed by atoms with van der Waals surface area (Å²) in [5, 5.41) is 12.2. The summed E-state index contributed by atoms with van der Waals surface area (Å²) in [5.41, 5.74) is -0.816. The normalized spacial score (nSPS) is 11.2. The van der Waals surface area contributed by atoms with Crippen LogP contribution >= 0.6 is 11.3 Å². The van der Waals surface area contributed by atoms with Crippen molar-refractivity contribution in [2.24, 2.45) is 5.41 Å². The molecule has 162 valence electrons. The van der Waals surface area contributed by atoms with E-state index in [1.54, 1.807) is 6.07 Å². The molecule has 0 atom stereocenters. The Balaban J connectivity index is 2.22. The van der Waals surface area contributed by atoms with Crippen LogP contribution in [0.3, 0.4) is 0 Å². The number of alkyl halides is 1. The monoisotopic (exact) mass is 439 g/mol. The van der Waals surface area contributed by atoms with Gasteiger partial charge in [0.05, 0.1) is 11.0 Å². The van der Waals surface area contributed by atoms with Crippen molar-refractivity contribution < 1.29 is 33.0 Å². The second kappa shape index (κ2) is 9.80. The first-order chi connectivity index (χ1) is 14.1. The van der Waals surface area contributed by atoms with Gasteiger partial charge < -0.3 is 15.2 Å². The third-order valence-corrected chi connectivity index (χ3v) is 5.78. The first-order valence-corrected chi connectivity index (χ1v) is 10.1. The van der Waals surface area contributed by atoms with Crippen LogP contribution in [0.1, 0.15) is 54.4 Å². The molecule has 0 aliphatic heterocycles. The maximum Gasteiger partial charge on any atom is 0.309 e. The van der Waals surface area contributed by atoms with Crippen LogP contribution in [0.25, 0.3) is 0 Å². The summed E-state index contributed by atoms with van der Waals surface area (Å²) in [6, 6.07) is 5.08. The third kappa shape index (κ3) is 5.63. The largest absolute Gasteiger partial charge is 0.481 e. The Hall–Kier alpha value is -2.81. The van der Waals surface area contributed by atoms with E-state index in [0.717, 1.165) is 10.9 Å². The lowest BCUT2D eigenvalue weighted by Crippen LogP contribution is -2.25. The minimum atomic E-state index is -1.19. The van der Waals surface area contributed by atoms with Crippen LogP contribution in [-0.4, -0.2) is 29.6 Å². The van der Waals surface area contributed by atoms with Crippen LogP contribution in [0, 0.1) is 11.2 Å². The highest BCUT2D eigenvalue weighted by molar-refractivity contribution is 7.16. The number of aliphatic carboxylic acids is 1. The molecule has 0 unspecified atom stereocenters. The number of nitrogens with one attached hydrogen (secondary N) is 1. The molecule has 2 N–H and O–H groups in total. The highest BCUT2D eigenvalue weighted by Gasteiger charge is 2.28. The molecule has 9 heteroatoms. The molecule has 1 amide bonds. The zero-order valence-corrected chi connectivity index (χ0v) is 17.7. The van der Waals surface area contributed by atoms with Gasteiger partial charge in [0.25, 0.3) is 0 Å². The SMILES string of the molecule is CCc1cc(C(=O)c2ccc(OCF)c(F)c2)c(NC(=O)CCC(C)(C)C(=O)O)s1. The summed E-state index contributed by atoms with van der Waals surface area (Å²) in [5.74, 6) is -3.09. The molecule has 0 saturated carbocycles. The van der Waals surface area contributed by atoms with E-state index in [0.29, 0.717) is 11.4 Å². The van der Waals surface area contributed by atoms with Crippen molar-refractivity contribution in [3.63, 3.8) is 0 Å². The fourth-order valence-corrected chi connectivity index (χ4v) is 3.58. The van der Waals surface area contributed by atoms with E-state index in [1.807, 2.05) is 6.92 Å². The molecule has 2 aromatic rings. The number of aryl methyl sites for hydroxylation is 1. The summed E-state index contributed by atoms with van der Waals surface area (Å²) in [6.45, 7) is 3.76. The van der Waals surface area contributed by atoms with Crippen molar-refractivity contribution in [2.75, 3.05) is 12.2 Å². The number of rotatable bonds is 10. The molecule has 1 aromatic carbocycles. The molecule has 0 radical (unpaired) electrons. The van der Waals surface area contributed by atoms with Gasteiger partial charge in [0.1, 0.15) is 5.00 Å². The second-order valence-corrected chi connectivity index (χ2v) is 8.41. The van der Waals surface area contributed by atoms with Crippen molar-refractivity contribution in [3.05, 3.63) is 46.1 Å². The molecule has 0 fully saturated rings. The van der Waals surface area contributed by atoms with Gasteiger partial charge in [-0.15, -0.1) is 11.3 Å². The first-order valence-electron chi connectivity index (χ1n) is 9.28. The number of hydrogen-bond acceptors (Lipinski definition) is 5. The molecule has 0 aliphatic rings. The Kier molecular flexibility index (Phi) is 7.66. The summed E-state index contributed by atoms with van der Waals surface area (Å²) >= 11 is 1.23. The van der Waals surface area contributed by atoms with Gasteiger partial charge in [-0.05, 0) is 51.0 Å². The predicted molar refractivity (Wildman–Crippen MR) is 109 cm³/mol. The van der Waals surface area contributed by atoms with E-state index in [2.05, 4.69) is 10.1 Å². The minimum Gasteiger partial charge on any atom is -0.481 e. The fraction of sp³-hybridized carbons (Fsp3) is 0.381. The summed E-state index contributed by atoms with van der Waals surface area (Å²) in [6.07, 6.45) is 0.728. The number of ether oxygens (including phenoxy) is 1. The number of halogens is 2. The standard InChI is InChI=1S/C21H23F2NO5S/c1-4-13-10-14(18(26)12-5-6-16(29-11-22)15(23)9-12)19(30-13)24-17(25)7-8-21(2,3)20(27)28/h5-6,9-10H,4,7-8,11H2,1-3H3,(H,24,25)(H,27,28). The van der Waals surface area contributed by atoms with E-state index < -0.39 is 35.8 Å². The fourth-order valence-electron chi connectivity index (χ4n) is 2.57. The topological polar surface area (TPSA) is 92.7 Å². The number of carboxylic acids is 1. The lowest BCUT2D eigenvalue weighted by Gasteiger charge is -2.18. The Bertz CT molecular complexity index is 955. The quantitative estimate of drug-likeness (QED) is 0.518. The summed E-state index contributed by atoms with van der Waals surface area (Å²) in [7, 11) is 0. The van der Waals surface area contributed by atoms with Crippen molar-refractivity contribution >= 4 is 34.0 Å². The summed E-state index contributed by atoms with van der Waals surface area (Å²) in [4.78, 5) is 37.3. The van der Waals surface area contributed by atoms with Crippen LogP contribution in [0.5, 0.6) is 5.75 Å². The van der Waals surface area contributed by atoms with Crippen LogP contribution < -0.4 is 10.1 Å². The highest BCUT2D eigenvalue weighted by atomic mass is 32.1. The number of anilines is 1. The lowest BCUT2D eigenvalue weighted by molar-refractivity contribution is -0.147. The molecule has 1 aromatic heterocycles. The predicted octanol–water partition coefficient (Wildman–Crippen LogP) is 4.82. The first kappa shape index (κ1) is 23.5. The molecule has 0 bridgehead atoms. The van der Waals surface area contributed by atoms with Gasteiger partial charge in [-0.1, -0.05) is 6.92 Å². The zero-order valence-electron chi connectivity index (χ0n) is 16.9. The van der Waals surface area contributed by atoms with E-state index in [9.17, 15) is 23.2 Å². The smallest absolute Gasteiger partial charge is 0.309 e. The van der Waals surface area contributed by atoms with Crippen LogP contribution in [0.15, 0.2) is 24.3 Å². The second-order valence-electron chi connectivity index (χ2n) is 7.27. The van der Waals surface area contributed by atoms with Crippen molar-refractivity contribution in [3.8, 4) is 5.75 Å².